The zero-order valence-corrected chi connectivity index (χ0v) is 11.4. The van der Waals surface area contributed by atoms with Gasteiger partial charge in [0.05, 0.1) is 27.3 Å². The smallest absolute Gasteiger partial charge is 0.147 e. The number of nitrogens with zero attached hydrogens (tertiary/aromatic N) is 3. The third-order valence-electron chi connectivity index (χ3n) is 3.25. The molecule has 1 aliphatic heterocycles. The van der Waals surface area contributed by atoms with Crippen LogP contribution in [0.1, 0.15) is 19.3 Å². The predicted molar refractivity (Wildman–Crippen MR) is 75.6 cm³/mol. The number of halogens is 2. The quantitative estimate of drug-likeness (QED) is 0.793. The van der Waals surface area contributed by atoms with Gasteiger partial charge < -0.3 is 4.90 Å². The Balaban J connectivity index is 2.02. The number of hydrogen-bond acceptors (Lipinski definition) is 3. The lowest BCUT2D eigenvalue weighted by Crippen LogP contribution is -2.30. The fraction of sp³-hybridized carbons (Fsp3) is 0.385. The van der Waals surface area contributed by atoms with Gasteiger partial charge in [-0.1, -0.05) is 23.2 Å². The number of aromatic nitrogens is 2. The fourth-order valence-corrected chi connectivity index (χ4v) is 2.59. The van der Waals surface area contributed by atoms with Crippen molar-refractivity contribution in [2.75, 3.05) is 18.0 Å². The van der Waals surface area contributed by atoms with Gasteiger partial charge in [0.2, 0.25) is 0 Å². The Morgan fingerprint density at radius 1 is 0.944 bits per heavy atom. The molecule has 18 heavy (non-hydrogen) atoms. The van der Waals surface area contributed by atoms with Crippen LogP contribution in [0.25, 0.3) is 11.0 Å². The highest BCUT2D eigenvalue weighted by atomic mass is 35.5. The monoisotopic (exact) mass is 281 g/mol. The Morgan fingerprint density at radius 2 is 1.61 bits per heavy atom. The van der Waals surface area contributed by atoms with Gasteiger partial charge in [-0.2, -0.15) is 0 Å². The topological polar surface area (TPSA) is 29.0 Å². The van der Waals surface area contributed by atoms with E-state index in [0.717, 1.165) is 29.9 Å². The highest BCUT2D eigenvalue weighted by molar-refractivity contribution is 6.42. The number of anilines is 1. The van der Waals surface area contributed by atoms with Crippen LogP contribution >= 0.6 is 23.2 Å². The van der Waals surface area contributed by atoms with Gasteiger partial charge in [-0.05, 0) is 31.4 Å². The summed E-state index contributed by atoms with van der Waals surface area (Å²) in [7, 11) is 0. The van der Waals surface area contributed by atoms with Crippen LogP contribution in [0.15, 0.2) is 18.3 Å². The summed E-state index contributed by atoms with van der Waals surface area (Å²) in [5, 5.41) is 1.04. The van der Waals surface area contributed by atoms with E-state index in [1.54, 1.807) is 12.1 Å². The molecular formula is C13H13Cl2N3. The number of fused-ring (bicyclic) bond motifs is 1. The summed E-state index contributed by atoms with van der Waals surface area (Å²) in [5.41, 5.74) is 1.58. The molecule has 1 aliphatic rings. The number of piperidine rings is 1. The third-order valence-corrected chi connectivity index (χ3v) is 3.97. The first kappa shape index (κ1) is 12.0. The Hall–Kier alpha value is -1.06. The van der Waals surface area contributed by atoms with Gasteiger partial charge in [0.15, 0.2) is 0 Å². The highest BCUT2D eigenvalue weighted by Crippen LogP contribution is 2.27. The predicted octanol–water partition coefficient (Wildman–Crippen LogP) is 3.93. The zero-order chi connectivity index (χ0) is 12.5. The standard InChI is InChI=1S/C13H13Cl2N3/c14-9-6-11-12(7-10(9)15)17-13(8-16-11)18-4-2-1-3-5-18/h6-8H,1-5H2. The Morgan fingerprint density at radius 3 is 2.33 bits per heavy atom. The summed E-state index contributed by atoms with van der Waals surface area (Å²) in [4.78, 5) is 11.3. The SMILES string of the molecule is Clc1cc2ncc(N3CCCCC3)nc2cc1Cl. The van der Waals surface area contributed by atoms with Gasteiger partial charge in [0.1, 0.15) is 5.82 Å². The van der Waals surface area contributed by atoms with Crippen molar-refractivity contribution >= 4 is 40.1 Å². The molecule has 0 saturated carbocycles. The van der Waals surface area contributed by atoms with E-state index in [2.05, 4.69) is 14.9 Å². The molecule has 1 aromatic carbocycles. The molecule has 94 valence electrons. The first-order valence-electron chi connectivity index (χ1n) is 6.11. The van der Waals surface area contributed by atoms with Gasteiger partial charge in [0.25, 0.3) is 0 Å². The second-order valence-electron chi connectivity index (χ2n) is 4.53. The largest absolute Gasteiger partial charge is 0.355 e. The molecule has 0 unspecified atom stereocenters. The molecule has 0 atom stereocenters. The van der Waals surface area contributed by atoms with Crippen molar-refractivity contribution in [2.24, 2.45) is 0 Å². The second-order valence-corrected chi connectivity index (χ2v) is 5.35. The maximum Gasteiger partial charge on any atom is 0.147 e. The van der Waals surface area contributed by atoms with Crippen molar-refractivity contribution in [2.45, 2.75) is 19.3 Å². The van der Waals surface area contributed by atoms with Crippen LogP contribution in [0.3, 0.4) is 0 Å². The summed E-state index contributed by atoms with van der Waals surface area (Å²) < 4.78 is 0. The zero-order valence-electron chi connectivity index (χ0n) is 9.87. The van der Waals surface area contributed by atoms with Crippen molar-refractivity contribution in [3.05, 3.63) is 28.4 Å². The molecule has 3 rings (SSSR count). The van der Waals surface area contributed by atoms with E-state index in [-0.39, 0.29) is 0 Å². The second kappa shape index (κ2) is 4.90. The lowest BCUT2D eigenvalue weighted by atomic mass is 10.1. The third kappa shape index (κ3) is 2.25. The minimum absolute atomic E-state index is 0.518. The van der Waals surface area contributed by atoms with Gasteiger partial charge >= 0.3 is 0 Å². The maximum atomic E-state index is 6.01. The average Bonchev–Trinajstić information content (AvgIpc) is 2.41. The minimum Gasteiger partial charge on any atom is -0.355 e. The van der Waals surface area contributed by atoms with Gasteiger partial charge in [0, 0.05) is 13.1 Å². The lowest BCUT2D eigenvalue weighted by Gasteiger charge is -2.27. The molecule has 0 aliphatic carbocycles. The summed E-state index contributed by atoms with van der Waals surface area (Å²) in [6.07, 6.45) is 5.57. The van der Waals surface area contributed by atoms with Crippen LogP contribution in [0, 0.1) is 0 Å². The number of hydrogen-bond donors (Lipinski definition) is 0. The van der Waals surface area contributed by atoms with E-state index in [0.29, 0.717) is 10.0 Å². The molecular weight excluding hydrogens is 269 g/mol. The van der Waals surface area contributed by atoms with Crippen LogP contribution in [-0.2, 0) is 0 Å². The molecule has 0 N–H and O–H groups in total. The van der Waals surface area contributed by atoms with Crippen molar-refractivity contribution < 1.29 is 0 Å². The molecule has 1 aromatic heterocycles. The van der Waals surface area contributed by atoms with Crippen molar-refractivity contribution in [3.63, 3.8) is 0 Å². The van der Waals surface area contributed by atoms with Gasteiger partial charge in [-0.3, -0.25) is 4.98 Å². The molecule has 5 heteroatoms. The molecule has 2 aromatic rings. The Labute approximate surface area is 116 Å². The van der Waals surface area contributed by atoms with E-state index in [1.807, 2.05) is 6.20 Å². The molecule has 0 spiro atoms. The summed E-state index contributed by atoms with van der Waals surface area (Å²) >= 11 is 12.0. The fourth-order valence-electron chi connectivity index (χ4n) is 2.27. The number of benzene rings is 1. The highest BCUT2D eigenvalue weighted by Gasteiger charge is 2.13. The Kier molecular flexibility index (Phi) is 3.27. The molecule has 1 saturated heterocycles. The van der Waals surface area contributed by atoms with Gasteiger partial charge in [-0.15, -0.1) is 0 Å². The molecule has 2 heterocycles. The van der Waals surface area contributed by atoms with Crippen molar-refractivity contribution in [1.29, 1.82) is 0 Å². The summed E-state index contributed by atoms with van der Waals surface area (Å²) in [6, 6.07) is 3.53. The van der Waals surface area contributed by atoms with Crippen LogP contribution in [0.4, 0.5) is 5.82 Å². The lowest BCUT2D eigenvalue weighted by molar-refractivity contribution is 0.573. The van der Waals surface area contributed by atoms with E-state index in [1.165, 1.54) is 19.3 Å². The molecule has 0 radical (unpaired) electrons. The van der Waals surface area contributed by atoms with Crippen LogP contribution < -0.4 is 4.90 Å². The van der Waals surface area contributed by atoms with Crippen molar-refractivity contribution in [1.82, 2.24) is 9.97 Å². The van der Waals surface area contributed by atoms with Crippen molar-refractivity contribution in [3.8, 4) is 0 Å². The van der Waals surface area contributed by atoms with Crippen LogP contribution in [0.5, 0.6) is 0 Å². The minimum atomic E-state index is 0.518. The summed E-state index contributed by atoms with van der Waals surface area (Å²) in [6.45, 7) is 2.11. The Bertz CT molecular complexity index is 580. The first-order valence-corrected chi connectivity index (χ1v) is 6.86. The van der Waals surface area contributed by atoms with E-state index in [9.17, 15) is 0 Å². The normalized spacial score (nSPS) is 16.2. The van der Waals surface area contributed by atoms with E-state index < -0.39 is 0 Å². The van der Waals surface area contributed by atoms with E-state index in [4.69, 9.17) is 23.2 Å². The summed E-state index contributed by atoms with van der Waals surface area (Å²) in [5.74, 6) is 0.931. The molecule has 3 nitrogen and oxygen atoms in total. The van der Waals surface area contributed by atoms with E-state index >= 15 is 0 Å². The first-order chi connectivity index (χ1) is 8.74. The number of rotatable bonds is 1. The molecule has 1 fully saturated rings. The molecule has 0 bridgehead atoms. The van der Waals surface area contributed by atoms with Crippen LogP contribution in [0.2, 0.25) is 10.0 Å². The maximum absolute atomic E-state index is 6.01. The van der Waals surface area contributed by atoms with Crippen LogP contribution in [-0.4, -0.2) is 23.1 Å². The van der Waals surface area contributed by atoms with Gasteiger partial charge in [-0.25, -0.2) is 4.98 Å². The molecule has 0 amide bonds. The average molecular weight is 282 g/mol.